The highest BCUT2D eigenvalue weighted by atomic mass is 16.1. The maximum absolute atomic E-state index is 12.7. The van der Waals surface area contributed by atoms with E-state index in [2.05, 4.69) is 59.5 Å². The Morgan fingerprint density at radius 2 is 1.63 bits per heavy atom. The predicted molar refractivity (Wildman–Crippen MR) is 113 cm³/mol. The first kappa shape index (κ1) is 19.4. The zero-order valence-corrected chi connectivity index (χ0v) is 17.0. The van der Waals surface area contributed by atoms with Crippen molar-refractivity contribution >= 4 is 11.6 Å². The number of hydrogen-bond donors (Lipinski definition) is 1. The highest BCUT2D eigenvalue weighted by Gasteiger charge is 2.24. The molecule has 4 nitrogen and oxygen atoms in total. The fourth-order valence-electron chi connectivity index (χ4n) is 3.90. The zero-order valence-electron chi connectivity index (χ0n) is 17.0. The summed E-state index contributed by atoms with van der Waals surface area (Å²) in [6, 6.07) is 14.9. The molecule has 1 fully saturated rings. The second-order valence-corrected chi connectivity index (χ2v) is 7.83. The van der Waals surface area contributed by atoms with Crippen LogP contribution in [0.4, 0.5) is 5.69 Å². The number of amides is 1. The Morgan fingerprint density at radius 3 is 2.19 bits per heavy atom. The molecule has 0 unspecified atom stereocenters. The largest absolute Gasteiger partial charge is 0.378 e. The summed E-state index contributed by atoms with van der Waals surface area (Å²) in [7, 11) is 4.11. The maximum Gasteiger partial charge on any atom is 0.251 e. The van der Waals surface area contributed by atoms with Gasteiger partial charge in [0.2, 0.25) is 0 Å². The summed E-state index contributed by atoms with van der Waals surface area (Å²) in [5.74, 6) is 0.0101. The Balaban J connectivity index is 1.74. The molecule has 1 atom stereocenters. The SMILES string of the molecule is Cc1cc(C)cc(C(=O)NC[C@H](c2ccc(N(C)C)cc2)N2CCCC2)c1. The monoisotopic (exact) mass is 365 g/mol. The molecule has 0 spiro atoms. The van der Waals surface area contributed by atoms with Crippen LogP contribution in [-0.4, -0.2) is 44.5 Å². The molecule has 2 aromatic carbocycles. The lowest BCUT2D eigenvalue weighted by atomic mass is 10.0. The van der Waals surface area contributed by atoms with Crippen molar-refractivity contribution in [3.63, 3.8) is 0 Å². The third-order valence-corrected chi connectivity index (χ3v) is 5.32. The van der Waals surface area contributed by atoms with E-state index in [4.69, 9.17) is 0 Å². The molecule has 1 N–H and O–H groups in total. The highest BCUT2D eigenvalue weighted by Crippen LogP contribution is 2.26. The summed E-state index contributed by atoms with van der Waals surface area (Å²) in [5.41, 5.74) is 5.45. The summed E-state index contributed by atoms with van der Waals surface area (Å²) in [4.78, 5) is 17.3. The van der Waals surface area contributed by atoms with Crippen molar-refractivity contribution in [3.8, 4) is 0 Å². The van der Waals surface area contributed by atoms with E-state index in [1.165, 1.54) is 24.1 Å². The predicted octanol–water partition coefficient (Wildman–Crippen LogP) is 3.94. The van der Waals surface area contributed by atoms with Gasteiger partial charge >= 0.3 is 0 Å². The van der Waals surface area contributed by atoms with Crippen LogP contribution in [0.5, 0.6) is 0 Å². The van der Waals surface area contributed by atoms with Gasteiger partial charge in [0.1, 0.15) is 0 Å². The smallest absolute Gasteiger partial charge is 0.251 e. The van der Waals surface area contributed by atoms with Gasteiger partial charge in [-0.3, -0.25) is 9.69 Å². The van der Waals surface area contributed by atoms with Crippen molar-refractivity contribution in [3.05, 3.63) is 64.7 Å². The number of hydrogen-bond acceptors (Lipinski definition) is 3. The van der Waals surface area contributed by atoms with E-state index in [0.717, 1.165) is 29.8 Å². The van der Waals surface area contributed by atoms with Crippen LogP contribution in [0.1, 0.15) is 45.9 Å². The average Bonchev–Trinajstić information content (AvgIpc) is 3.15. The van der Waals surface area contributed by atoms with Crippen molar-refractivity contribution in [2.24, 2.45) is 0 Å². The maximum atomic E-state index is 12.7. The summed E-state index contributed by atoms with van der Waals surface area (Å²) in [6.45, 7) is 6.89. The lowest BCUT2D eigenvalue weighted by molar-refractivity contribution is 0.0937. The molecular formula is C23H31N3O. The van der Waals surface area contributed by atoms with Crippen molar-refractivity contribution in [1.82, 2.24) is 10.2 Å². The van der Waals surface area contributed by atoms with Crippen LogP contribution in [0, 0.1) is 13.8 Å². The summed E-state index contributed by atoms with van der Waals surface area (Å²) in [5, 5.41) is 3.18. The van der Waals surface area contributed by atoms with Crippen LogP contribution in [0.25, 0.3) is 0 Å². The Bertz CT molecular complexity index is 756. The van der Waals surface area contributed by atoms with Crippen molar-refractivity contribution in [2.75, 3.05) is 38.6 Å². The van der Waals surface area contributed by atoms with E-state index >= 15 is 0 Å². The second kappa shape index (κ2) is 8.57. The number of carbonyl (C=O) groups is 1. The number of nitrogens with one attached hydrogen (secondary N) is 1. The lowest BCUT2D eigenvalue weighted by Gasteiger charge is -2.28. The molecule has 0 aliphatic carbocycles. The molecule has 1 aliphatic rings. The third-order valence-electron chi connectivity index (χ3n) is 5.32. The normalized spacial score (nSPS) is 15.6. The molecule has 0 aromatic heterocycles. The Kier molecular flexibility index (Phi) is 6.17. The molecule has 1 amide bonds. The number of nitrogens with zero attached hydrogens (tertiary/aromatic N) is 2. The Labute approximate surface area is 163 Å². The zero-order chi connectivity index (χ0) is 19.4. The molecule has 1 aliphatic heterocycles. The fourth-order valence-corrected chi connectivity index (χ4v) is 3.90. The number of benzene rings is 2. The van der Waals surface area contributed by atoms with E-state index in [1.807, 2.05) is 26.0 Å². The van der Waals surface area contributed by atoms with Crippen LogP contribution in [-0.2, 0) is 0 Å². The molecule has 3 rings (SSSR count). The quantitative estimate of drug-likeness (QED) is 0.842. The molecular weight excluding hydrogens is 334 g/mol. The molecule has 4 heteroatoms. The minimum Gasteiger partial charge on any atom is -0.378 e. The van der Waals surface area contributed by atoms with Gasteiger partial charge in [-0.15, -0.1) is 0 Å². The van der Waals surface area contributed by atoms with Crippen LogP contribution >= 0.6 is 0 Å². The molecule has 0 radical (unpaired) electrons. The van der Waals surface area contributed by atoms with Crippen molar-refractivity contribution in [1.29, 1.82) is 0 Å². The first-order valence-electron chi connectivity index (χ1n) is 9.82. The van der Waals surface area contributed by atoms with E-state index in [-0.39, 0.29) is 11.9 Å². The molecule has 1 heterocycles. The number of aryl methyl sites for hydroxylation is 2. The second-order valence-electron chi connectivity index (χ2n) is 7.83. The summed E-state index contributed by atoms with van der Waals surface area (Å²) < 4.78 is 0. The van der Waals surface area contributed by atoms with Gasteiger partial charge in [0, 0.05) is 31.9 Å². The van der Waals surface area contributed by atoms with Gasteiger partial charge in [-0.05, 0) is 69.6 Å². The molecule has 144 valence electrons. The van der Waals surface area contributed by atoms with Gasteiger partial charge < -0.3 is 10.2 Å². The van der Waals surface area contributed by atoms with Gasteiger partial charge in [-0.1, -0.05) is 29.3 Å². The molecule has 0 saturated carbocycles. The lowest BCUT2D eigenvalue weighted by Crippen LogP contribution is -2.36. The summed E-state index contributed by atoms with van der Waals surface area (Å²) >= 11 is 0. The van der Waals surface area contributed by atoms with E-state index in [1.54, 1.807) is 0 Å². The number of anilines is 1. The van der Waals surface area contributed by atoms with Crippen molar-refractivity contribution < 1.29 is 4.79 Å². The van der Waals surface area contributed by atoms with Crippen LogP contribution < -0.4 is 10.2 Å². The molecule has 1 saturated heterocycles. The molecule has 27 heavy (non-hydrogen) atoms. The summed E-state index contributed by atoms with van der Waals surface area (Å²) in [6.07, 6.45) is 2.47. The molecule has 0 bridgehead atoms. The van der Waals surface area contributed by atoms with Crippen LogP contribution in [0.3, 0.4) is 0 Å². The fraction of sp³-hybridized carbons (Fsp3) is 0.435. The standard InChI is InChI=1S/C23H31N3O/c1-17-13-18(2)15-20(14-17)23(27)24-16-22(26-11-5-6-12-26)19-7-9-21(10-8-19)25(3)4/h7-10,13-15,22H,5-6,11-12,16H2,1-4H3,(H,24,27)/t22-/m1/s1. The Morgan fingerprint density at radius 1 is 1.04 bits per heavy atom. The van der Waals surface area contributed by atoms with Crippen molar-refractivity contribution in [2.45, 2.75) is 32.7 Å². The van der Waals surface area contributed by atoms with Crippen LogP contribution in [0.2, 0.25) is 0 Å². The van der Waals surface area contributed by atoms with E-state index in [9.17, 15) is 4.79 Å². The first-order valence-corrected chi connectivity index (χ1v) is 9.82. The van der Waals surface area contributed by atoms with E-state index < -0.39 is 0 Å². The highest BCUT2D eigenvalue weighted by molar-refractivity contribution is 5.94. The van der Waals surface area contributed by atoms with Crippen LogP contribution in [0.15, 0.2) is 42.5 Å². The van der Waals surface area contributed by atoms with Gasteiger partial charge in [0.25, 0.3) is 5.91 Å². The van der Waals surface area contributed by atoms with Gasteiger partial charge in [0.05, 0.1) is 6.04 Å². The van der Waals surface area contributed by atoms with Gasteiger partial charge in [0.15, 0.2) is 0 Å². The number of likely N-dealkylation sites (tertiary alicyclic amines) is 1. The van der Waals surface area contributed by atoms with E-state index in [0.29, 0.717) is 6.54 Å². The minimum absolute atomic E-state index is 0.0101. The Hall–Kier alpha value is -2.33. The van der Waals surface area contributed by atoms with Gasteiger partial charge in [-0.25, -0.2) is 0 Å². The number of rotatable bonds is 6. The average molecular weight is 366 g/mol. The molecule has 2 aromatic rings. The van der Waals surface area contributed by atoms with Gasteiger partial charge in [-0.2, -0.15) is 0 Å². The number of carbonyl (C=O) groups excluding carboxylic acids is 1. The third kappa shape index (κ3) is 4.89. The minimum atomic E-state index is 0.0101. The topological polar surface area (TPSA) is 35.6 Å². The first-order chi connectivity index (χ1) is 12.9.